The summed E-state index contributed by atoms with van der Waals surface area (Å²) in [4.78, 5) is 2.55. The van der Waals surface area contributed by atoms with E-state index in [-0.39, 0.29) is 0 Å². The zero-order valence-electron chi connectivity index (χ0n) is 7.95. The third-order valence-electron chi connectivity index (χ3n) is 2.82. The highest BCUT2D eigenvalue weighted by Crippen LogP contribution is 2.19. The molecule has 2 aliphatic heterocycles. The van der Waals surface area contributed by atoms with Gasteiger partial charge in [-0.05, 0) is 0 Å². The summed E-state index contributed by atoms with van der Waals surface area (Å²) in [5, 5.41) is 0. The van der Waals surface area contributed by atoms with E-state index < -0.39 is 0 Å². The molecule has 0 radical (unpaired) electrons. The van der Waals surface area contributed by atoms with Gasteiger partial charge in [-0.1, -0.05) is 0 Å². The van der Waals surface area contributed by atoms with Crippen molar-refractivity contribution in [3.05, 3.63) is 0 Å². The Kier molecular flexibility index (Phi) is 3.49. The third kappa shape index (κ3) is 2.37. The van der Waals surface area contributed by atoms with Gasteiger partial charge in [-0.2, -0.15) is 11.8 Å². The molecule has 4 heteroatoms. The predicted molar refractivity (Wildman–Crippen MR) is 56.0 cm³/mol. The van der Waals surface area contributed by atoms with E-state index in [1.807, 2.05) is 11.8 Å². The van der Waals surface area contributed by atoms with Crippen LogP contribution < -0.4 is 5.73 Å². The Balaban J connectivity index is 1.79. The van der Waals surface area contributed by atoms with Gasteiger partial charge < -0.3 is 10.5 Å². The maximum atomic E-state index is 5.74. The summed E-state index contributed by atoms with van der Waals surface area (Å²) in [6.45, 7) is 5.13. The molecule has 0 aromatic carbocycles. The Morgan fingerprint density at radius 1 is 1.46 bits per heavy atom. The molecule has 2 fully saturated rings. The second-order valence-corrected chi connectivity index (χ2v) is 5.01. The van der Waals surface area contributed by atoms with Gasteiger partial charge in [0, 0.05) is 43.1 Å². The molecular weight excluding hydrogens is 184 g/mol. The van der Waals surface area contributed by atoms with Crippen LogP contribution in [0, 0.1) is 5.92 Å². The molecular formula is C9H18N2OS. The van der Waals surface area contributed by atoms with E-state index in [1.165, 1.54) is 24.6 Å². The van der Waals surface area contributed by atoms with Crippen molar-refractivity contribution in [2.24, 2.45) is 11.7 Å². The van der Waals surface area contributed by atoms with Gasteiger partial charge in [0.1, 0.15) is 0 Å². The van der Waals surface area contributed by atoms with Gasteiger partial charge >= 0.3 is 0 Å². The summed E-state index contributed by atoms with van der Waals surface area (Å²) in [7, 11) is 0. The number of nitrogens with zero attached hydrogens (tertiary/aromatic N) is 1. The molecule has 2 rings (SSSR count). The van der Waals surface area contributed by atoms with Gasteiger partial charge in [0.25, 0.3) is 0 Å². The number of thioether (sulfide) groups is 1. The highest BCUT2D eigenvalue weighted by atomic mass is 32.2. The fourth-order valence-electron chi connectivity index (χ4n) is 1.87. The Morgan fingerprint density at radius 3 is 2.92 bits per heavy atom. The molecule has 76 valence electrons. The number of rotatable bonds is 3. The summed E-state index contributed by atoms with van der Waals surface area (Å²) in [5.41, 5.74) is 5.74. The summed E-state index contributed by atoms with van der Waals surface area (Å²) >= 11 is 2.03. The lowest BCUT2D eigenvalue weighted by atomic mass is 10.1. The maximum absolute atomic E-state index is 5.74. The normalized spacial score (nSPS) is 31.6. The van der Waals surface area contributed by atoms with Crippen molar-refractivity contribution in [3.63, 3.8) is 0 Å². The van der Waals surface area contributed by atoms with Gasteiger partial charge in [-0.3, -0.25) is 4.90 Å². The topological polar surface area (TPSA) is 38.5 Å². The fourth-order valence-corrected chi connectivity index (χ4v) is 3.02. The molecule has 1 atom stereocenters. The Bertz CT molecular complexity index is 164. The quantitative estimate of drug-likeness (QED) is 0.699. The molecule has 0 aliphatic carbocycles. The number of hydrogen-bond donors (Lipinski definition) is 1. The number of hydrogen-bond acceptors (Lipinski definition) is 4. The number of nitrogens with two attached hydrogens (primary N) is 1. The second-order valence-electron chi connectivity index (χ2n) is 3.86. The van der Waals surface area contributed by atoms with Crippen molar-refractivity contribution in [3.8, 4) is 0 Å². The van der Waals surface area contributed by atoms with Crippen molar-refractivity contribution < 1.29 is 4.74 Å². The minimum Gasteiger partial charge on any atom is -0.381 e. The van der Waals surface area contributed by atoms with E-state index >= 15 is 0 Å². The molecule has 13 heavy (non-hydrogen) atoms. The zero-order valence-corrected chi connectivity index (χ0v) is 8.76. The zero-order chi connectivity index (χ0) is 9.10. The molecule has 2 N–H and O–H groups in total. The van der Waals surface area contributed by atoms with E-state index in [9.17, 15) is 0 Å². The summed E-state index contributed by atoms with van der Waals surface area (Å²) in [5.74, 6) is 3.26. The lowest BCUT2D eigenvalue weighted by molar-refractivity contribution is -0.0496. The van der Waals surface area contributed by atoms with Crippen molar-refractivity contribution in [1.82, 2.24) is 4.90 Å². The van der Waals surface area contributed by atoms with E-state index in [2.05, 4.69) is 4.90 Å². The van der Waals surface area contributed by atoms with Crippen LogP contribution in [0.5, 0.6) is 0 Å². The monoisotopic (exact) mass is 202 g/mol. The standard InChI is InChI=1S/C9H18N2OS/c10-3-9-7-13-2-1-11(9)4-8-5-12-6-8/h8-9H,1-7,10H2. The molecule has 2 heterocycles. The minimum atomic E-state index is 0.611. The van der Waals surface area contributed by atoms with Gasteiger partial charge in [-0.15, -0.1) is 0 Å². The van der Waals surface area contributed by atoms with Gasteiger partial charge in [0.2, 0.25) is 0 Å². The van der Waals surface area contributed by atoms with Crippen LogP contribution >= 0.6 is 11.8 Å². The molecule has 0 aromatic rings. The molecule has 0 aromatic heterocycles. The van der Waals surface area contributed by atoms with Gasteiger partial charge in [0.15, 0.2) is 0 Å². The molecule has 0 amide bonds. The molecule has 2 aliphatic rings. The van der Waals surface area contributed by atoms with Crippen molar-refractivity contribution in [2.75, 3.05) is 44.4 Å². The summed E-state index contributed by atoms with van der Waals surface area (Å²) < 4.78 is 5.18. The van der Waals surface area contributed by atoms with E-state index in [1.54, 1.807) is 0 Å². The summed E-state index contributed by atoms with van der Waals surface area (Å²) in [6, 6.07) is 0.611. The van der Waals surface area contributed by atoms with Crippen molar-refractivity contribution in [1.29, 1.82) is 0 Å². The van der Waals surface area contributed by atoms with Gasteiger partial charge in [0.05, 0.1) is 13.2 Å². The van der Waals surface area contributed by atoms with Crippen molar-refractivity contribution >= 4 is 11.8 Å². The highest BCUT2D eigenvalue weighted by molar-refractivity contribution is 7.99. The highest BCUT2D eigenvalue weighted by Gasteiger charge is 2.27. The average Bonchev–Trinajstić information content (AvgIpc) is 2.12. The Morgan fingerprint density at radius 2 is 2.31 bits per heavy atom. The largest absolute Gasteiger partial charge is 0.381 e. The molecule has 1 unspecified atom stereocenters. The minimum absolute atomic E-state index is 0.611. The van der Waals surface area contributed by atoms with Crippen LogP contribution in [0.25, 0.3) is 0 Å². The SMILES string of the molecule is NCC1CSCCN1CC1COC1. The number of ether oxygens (including phenoxy) is 1. The first kappa shape index (κ1) is 9.77. The van der Waals surface area contributed by atoms with Crippen LogP contribution in [-0.4, -0.2) is 55.3 Å². The lowest BCUT2D eigenvalue weighted by Gasteiger charge is -2.39. The van der Waals surface area contributed by atoms with Crippen LogP contribution in [0.1, 0.15) is 0 Å². The predicted octanol–water partition coefficient (Wildman–Crippen LogP) is 0.00890. The van der Waals surface area contributed by atoms with E-state index in [4.69, 9.17) is 10.5 Å². The van der Waals surface area contributed by atoms with Crippen LogP contribution in [0.3, 0.4) is 0 Å². The van der Waals surface area contributed by atoms with Crippen LogP contribution in [0.15, 0.2) is 0 Å². The average molecular weight is 202 g/mol. The Labute approximate surface area is 84.0 Å². The molecule has 0 spiro atoms. The maximum Gasteiger partial charge on any atom is 0.0528 e. The first-order valence-electron chi connectivity index (χ1n) is 4.99. The first-order chi connectivity index (χ1) is 6.40. The fraction of sp³-hybridized carbons (Fsp3) is 1.00. The van der Waals surface area contributed by atoms with Crippen LogP contribution in [0.2, 0.25) is 0 Å². The van der Waals surface area contributed by atoms with Crippen LogP contribution in [-0.2, 0) is 4.74 Å². The summed E-state index contributed by atoms with van der Waals surface area (Å²) in [6.07, 6.45) is 0. The molecule has 0 bridgehead atoms. The lowest BCUT2D eigenvalue weighted by Crippen LogP contribution is -2.51. The van der Waals surface area contributed by atoms with E-state index in [0.29, 0.717) is 6.04 Å². The molecule has 3 nitrogen and oxygen atoms in total. The second kappa shape index (κ2) is 4.64. The molecule has 0 saturated carbocycles. The van der Waals surface area contributed by atoms with Crippen LogP contribution in [0.4, 0.5) is 0 Å². The smallest absolute Gasteiger partial charge is 0.0528 e. The van der Waals surface area contributed by atoms with Crippen molar-refractivity contribution in [2.45, 2.75) is 6.04 Å². The third-order valence-corrected chi connectivity index (χ3v) is 3.91. The first-order valence-corrected chi connectivity index (χ1v) is 6.15. The van der Waals surface area contributed by atoms with Gasteiger partial charge in [-0.25, -0.2) is 0 Å². The van der Waals surface area contributed by atoms with E-state index in [0.717, 1.165) is 25.7 Å². The molecule has 2 saturated heterocycles. The Hall–Kier alpha value is 0.230.